The van der Waals surface area contributed by atoms with Crippen LogP contribution in [-0.4, -0.2) is 23.5 Å². The highest BCUT2D eigenvalue weighted by atomic mass is 16.4. The first-order valence-electron chi connectivity index (χ1n) is 19.0. The van der Waals surface area contributed by atoms with E-state index in [-0.39, 0.29) is 5.91 Å². The Hall–Kier alpha value is -1.06. The van der Waals surface area contributed by atoms with Gasteiger partial charge in [0.05, 0.1) is 0 Å². The van der Waals surface area contributed by atoms with Gasteiger partial charge >= 0.3 is 5.97 Å². The van der Waals surface area contributed by atoms with E-state index in [0.29, 0.717) is 12.8 Å². The Bertz CT molecular complexity index is 579. The summed E-state index contributed by atoms with van der Waals surface area (Å²) in [5.74, 6) is 1.36. The topological polar surface area (TPSA) is 66.4 Å². The smallest absolute Gasteiger partial charge is 0.303 e. The van der Waals surface area contributed by atoms with Gasteiger partial charge in [0, 0.05) is 19.4 Å². The van der Waals surface area contributed by atoms with E-state index in [9.17, 15) is 9.59 Å². The summed E-state index contributed by atoms with van der Waals surface area (Å²) >= 11 is 0. The van der Waals surface area contributed by atoms with E-state index in [1.807, 2.05) is 6.92 Å². The SMILES string of the molecule is CCCCCCCCC(CCCCCCCCC(=O)O)C(CCCCCCCC)CCCCCCCCC(=O)NCC. The van der Waals surface area contributed by atoms with Crippen LogP contribution in [0.5, 0.6) is 0 Å². The number of hydrogen-bond acceptors (Lipinski definition) is 2. The molecule has 0 rings (SSSR count). The van der Waals surface area contributed by atoms with Crippen molar-refractivity contribution in [3.63, 3.8) is 0 Å². The molecule has 0 fully saturated rings. The largest absolute Gasteiger partial charge is 0.481 e. The molecular formula is C38H75NO3. The Morgan fingerprint density at radius 1 is 0.452 bits per heavy atom. The minimum atomic E-state index is -0.652. The lowest BCUT2D eigenvalue weighted by Gasteiger charge is -2.28. The molecule has 0 aromatic carbocycles. The number of hydrogen-bond donors (Lipinski definition) is 2. The zero-order valence-electron chi connectivity index (χ0n) is 28.8. The van der Waals surface area contributed by atoms with E-state index < -0.39 is 5.97 Å². The molecule has 0 saturated heterocycles. The van der Waals surface area contributed by atoms with Crippen LogP contribution < -0.4 is 5.32 Å². The quantitative estimate of drug-likeness (QED) is 0.0729. The fourth-order valence-corrected chi connectivity index (χ4v) is 6.68. The summed E-state index contributed by atoms with van der Waals surface area (Å²) in [6.45, 7) is 7.35. The van der Waals surface area contributed by atoms with Crippen LogP contribution >= 0.6 is 0 Å². The van der Waals surface area contributed by atoms with Crippen LogP contribution in [0.15, 0.2) is 0 Å². The molecule has 2 N–H and O–H groups in total. The van der Waals surface area contributed by atoms with Gasteiger partial charge in [-0.05, 0) is 31.6 Å². The maximum Gasteiger partial charge on any atom is 0.303 e. The third kappa shape index (κ3) is 29.0. The summed E-state index contributed by atoms with van der Waals surface area (Å²) in [5, 5.41) is 11.8. The van der Waals surface area contributed by atoms with Crippen LogP contribution in [0, 0.1) is 11.8 Å². The molecule has 0 aliphatic rings. The second-order valence-corrected chi connectivity index (χ2v) is 13.3. The molecule has 0 aromatic rings. The molecule has 4 heteroatoms. The van der Waals surface area contributed by atoms with Crippen molar-refractivity contribution in [2.75, 3.05) is 6.54 Å². The highest BCUT2D eigenvalue weighted by Gasteiger charge is 2.20. The molecule has 250 valence electrons. The van der Waals surface area contributed by atoms with Crippen molar-refractivity contribution >= 4 is 11.9 Å². The zero-order chi connectivity index (χ0) is 30.9. The normalized spacial score (nSPS) is 12.8. The number of amides is 1. The second-order valence-electron chi connectivity index (χ2n) is 13.3. The monoisotopic (exact) mass is 594 g/mol. The minimum absolute atomic E-state index is 0.213. The molecule has 0 bridgehead atoms. The van der Waals surface area contributed by atoms with Crippen LogP contribution in [0.4, 0.5) is 0 Å². The molecule has 0 spiro atoms. The van der Waals surface area contributed by atoms with Crippen LogP contribution in [0.1, 0.15) is 213 Å². The predicted octanol–water partition coefficient (Wildman–Crippen LogP) is 12.2. The van der Waals surface area contributed by atoms with Gasteiger partial charge in [-0.1, -0.05) is 181 Å². The number of carbonyl (C=O) groups is 2. The molecule has 4 nitrogen and oxygen atoms in total. The molecule has 0 radical (unpaired) electrons. The van der Waals surface area contributed by atoms with E-state index in [2.05, 4.69) is 19.2 Å². The Kier molecular flexibility index (Phi) is 32.0. The number of nitrogens with one attached hydrogen (secondary N) is 1. The highest BCUT2D eigenvalue weighted by molar-refractivity contribution is 5.75. The predicted molar refractivity (Wildman–Crippen MR) is 183 cm³/mol. The minimum Gasteiger partial charge on any atom is -0.481 e. The van der Waals surface area contributed by atoms with E-state index in [1.165, 1.54) is 161 Å². The Morgan fingerprint density at radius 2 is 0.762 bits per heavy atom. The summed E-state index contributed by atoms with van der Waals surface area (Å²) in [6, 6.07) is 0. The van der Waals surface area contributed by atoms with Crippen molar-refractivity contribution in [1.82, 2.24) is 5.32 Å². The molecule has 0 aliphatic carbocycles. The standard InChI is InChI=1S/C38H75NO3/c1-4-7-9-11-17-23-29-35(31-25-19-13-15-21-27-33-37(40)39-6-3)36(30-24-18-12-10-8-5-2)32-26-20-14-16-22-28-34-38(41)42/h35-36H,4-34H2,1-3H3,(H,39,40)(H,41,42). The number of carbonyl (C=O) groups excluding carboxylic acids is 1. The van der Waals surface area contributed by atoms with Crippen molar-refractivity contribution in [1.29, 1.82) is 0 Å². The molecule has 0 saturated carbocycles. The van der Waals surface area contributed by atoms with Crippen LogP contribution in [0.3, 0.4) is 0 Å². The van der Waals surface area contributed by atoms with Crippen molar-refractivity contribution in [3.05, 3.63) is 0 Å². The number of rotatable bonds is 34. The van der Waals surface area contributed by atoms with Crippen molar-refractivity contribution in [2.24, 2.45) is 11.8 Å². The first kappa shape index (κ1) is 40.9. The third-order valence-corrected chi connectivity index (χ3v) is 9.34. The Labute approximate surface area is 263 Å². The van der Waals surface area contributed by atoms with Crippen LogP contribution in [-0.2, 0) is 9.59 Å². The lowest BCUT2D eigenvalue weighted by molar-refractivity contribution is -0.137. The van der Waals surface area contributed by atoms with E-state index >= 15 is 0 Å². The lowest BCUT2D eigenvalue weighted by Crippen LogP contribution is -2.21. The number of carboxylic acid groups (broad SMARTS) is 1. The fraction of sp³-hybridized carbons (Fsp3) is 0.947. The summed E-state index contributed by atoms with van der Waals surface area (Å²) in [7, 11) is 0. The number of unbranched alkanes of at least 4 members (excludes halogenated alkanes) is 20. The fourth-order valence-electron chi connectivity index (χ4n) is 6.68. The van der Waals surface area contributed by atoms with Gasteiger partial charge in [-0.25, -0.2) is 0 Å². The molecule has 0 aromatic heterocycles. The van der Waals surface area contributed by atoms with Crippen molar-refractivity contribution < 1.29 is 14.7 Å². The van der Waals surface area contributed by atoms with Gasteiger partial charge in [-0.3, -0.25) is 9.59 Å². The summed E-state index contributed by atoms with van der Waals surface area (Å²) in [4.78, 5) is 22.4. The average molecular weight is 594 g/mol. The number of aliphatic carboxylic acids is 1. The second kappa shape index (κ2) is 32.8. The lowest BCUT2D eigenvalue weighted by atomic mass is 9.78. The maximum atomic E-state index is 11.7. The van der Waals surface area contributed by atoms with Crippen molar-refractivity contribution in [3.8, 4) is 0 Å². The summed E-state index contributed by atoms with van der Waals surface area (Å²) in [5.41, 5.74) is 0. The molecule has 0 aliphatic heterocycles. The first-order chi connectivity index (χ1) is 20.5. The van der Waals surface area contributed by atoms with E-state index in [0.717, 1.165) is 37.6 Å². The number of carboxylic acids is 1. The Morgan fingerprint density at radius 3 is 1.10 bits per heavy atom. The highest BCUT2D eigenvalue weighted by Crippen LogP contribution is 2.33. The van der Waals surface area contributed by atoms with E-state index in [1.54, 1.807) is 0 Å². The average Bonchev–Trinajstić information content (AvgIpc) is 2.97. The van der Waals surface area contributed by atoms with Gasteiger partial charge in [0.25, 0.3) is 0 Å². The van der Waals surface area contributed by atoms with Gasteiger partial charge in [0.15, 0.2) is 0 Å². The molecule has 0 heterocycles. The molecule has 42 heavy (non-hydrogen) atoms. The molecule has 2 unspecified atom stereocenters. The van der Waals surface area contributed by atoms with Crippen LogP contribution in [0.25, 0.3) is 0 Å². The van der Waals surface area contributed by atoms with Crippen molar-refractivity contribution in [2.45, 2.75) is 213 Å². The van der Waals surface area contributed by atoms with Gasteiger partial charge in [-0.2, -0.15) is 0 Å². The summed E-state index contributed by atoms with van der Waals surface area (Å²) < 4.78 is 0. The van der Waals surface area contributed by atoms with E-state index in [4.69, 9.17) is 5.11 Å². The summed E-state index contributed by atoms with van der Waals surface area (Å²) in [6.07, 6.45) is 38.1. The van der Waals surface area contributed by atoms with Gasteiger partial charge < -0.3 is 10.4 Å². The van der Waals surface area contributed by atoms with Crippen LogP contribution in [0.2, 0.25) is 0 Å². The van der Waals surface area contributed by atoms with Gasteiger partial charge in [-0.15, -0.1) is 0 Å². The molecule has 1 amide bonds. The third-order valence-electron chi connectivity index (χ3n) is 9.34. The van der Waals surface area contributed by atoms with Gasteiger partial charge in [0.1, 0.15) is 0 Å². The first-order valence-corrected chi connectivity index (χ1v) is 19.0. The zero-order valence-corrected chi connectivity index (χ0v) is 28.8. The van der Waals surface area contributed by atoms with Gasteiger partial charge in [0.2, 0.25) is 5.91 Å². The molecular weight excluding hydrogens is 518 g/mol. The molecule has 2 atom stereocenters. The Balaban J connectivity index is 4.73. The maximum absolute atomic E-state index is 11.7.